The number of rotatable bonds is 6. The van der Waals surface area contributed by atoms with Crippen LogP contribution < -0.4 is 4.74 Å². The van der Waals surface area contributed by atoms with Gasteiger partial charge in [0.25, 0.3) is 0 Å². The van der Waals surface area contributed by atoms with Crippen LogP contribution in [0.2, 0.25) is 0 Å². The maximum absolute atomic E-state index is 12.9. The third-order valence-electron chi connectivity index (χ3n) is 4.46. The minimum atomic E-state index is -0.257. The second kappa shape index (κ2) is 8.23. The van der Waals surface area contributed by atoms with Gasteiger partial charge in [0.15, 0.2) is 5.78 Å². The quantitative estimate of drug-likeness (QED) is 0.756. The molecule has 1 aliphatic rings. The van der Waals surface area contributed by atoms with Gasteiger partial charge >= 0.3 is 0 Å². The first kappa shape index (κ1) is 17.6. The molecule has 0 unspecified atom stereocenters. The molecule has 5 heteroatoms. The van der Waals surface area contributed by atoms with Gasteiger partial charge in [0, 0.05) is 31.7 Å². The first-order valence-corrected chi connectivity index (χ1v) is 8.51. The van der Waals surface area contributed by atoms with Crippen LogP contribution in [0.5, 0.6) is 5.75 Å². The number of hydrogen-bond donors (Lipinski definition) is 0. The Balaban J connectivity index is 1.51. The molecule has 3 rings (SSSR count). The van der Waals surface area contributed by atoms with Crippen LogP contribution in [0, 0.1) is 5.82 Å². The van der Waals surface area contributed by atoms with Gasteiger partial charge in [0.1, 0.15) is 18.2 Å². The molecular weight excluding hydrogens is 319 g/mol. The fraction of sp³-hybridized carbons (Fsp3) is 0.350. The molecule has 25 heavy (non-hydrogen) atoms. The normalized spacial score (nSPS) is 15.9. The third-order valence-corrected chi connectivity index (χ3v) is 4.46. The van der Waals surface area contributed by atoms with Crippen LogP contribution in [-0.4, -0.2) is 55.4 Å². The van der Waals surface area contributed by atoms with Crippen molar-refractivity contribution >= 4 is 5.78 Å². The van der Waals surface area contributed by atoms with E-state index in [1.54, 1.807) is 36.4 Å². The molecule has 0 bridgehead atoms. The lowest BCUT2D eigenvalue weighted by Crippen LogP contribution is -2.46. The highest BCUT2D eigenvalue weighted by Gasteiger charge is 2.17. The topological polar surface area (TPSA) is 32.8 Å². The standard InChI is InChI=1S/C20H23FN2O2/c1-22-10-12-23(13-11-22)14-20(24)17-4-8-19(9-5-17)25-15-16-2-6-18(21)7-3-16/h2-9H,10-15H2,1H3. The molecule has 1 saturated heterocycles. The number of carbonyl (C=O) groups is 1. The predicted octanol–water partition coefficient (Wildman–Crippen LogP) is 2.83. The molecule has 0 spiro atoms. The van der Waals surface area contributed by atoms with E-state index in [0.29, 0.717) is 24.5 Å². The minimum absolute atomic E-state index is 0.134. The maximum Gasteiger partial charge on any atom is 0.176 e. The SMILES string of the molecule is CN1CCN(CC(=O)c2ccc(OCc3ccc(F)cc3)cc2)CC1. The molecule has 1 heterocycles. The molecule has 0 aliphatic carbocycles. The van der Waals surface area contributed by atoms with Crippen molar-refractivity contribution in [2.75, 3.05) is 39.8 Å². The summed E-state index contributed by atoms with van der Waals surface area (Å²) in [6, 6.07) is 13.4. The fourth-order valence-corrected chi connectivity index (χ4v) is 2.78. The Morgan fingerprint density at radius 3 is 2.28 bits per heavy atom. The molecule has 0 saturated carbocycles. The number of ketones is 1. The number of nitrogens with zero attached hydrogens (tertiary/aromatic N) is 2. The lowest BCUT2D eigenvalue weighted by molar-refractivity contribution is 0.0876. The summed E-state index contributed by atoms with van der Waals surface area (Å²) in [5.74, 6) is 0.571. The van der Waals surface area contributed by atoms with E-state index in [1.807, 2.05) is 0 Å². The van der Waals surface area contributed by atoms with Gasteiger partial charge in [-0.15, -0.1) is 0 Å². The summed E-state index contributed by atoms with van der Waals surface area (Å²) < 4.78 is 18.6. The van der Waals surface area contributed by atoms with Crippen molar-refractivity contribution in [1.29, 1.82) is 0 Å². The summed E-state index contributed by atoms with van der Waals surface area (Å²) >= 11 is 0. The first-order valence-electron chi connectivity index (χ1n) is 8.51. The van der Waals surface area contributed by atoms with E-state index in [4.69, 9.17) is 4.74 Å². The van der Waals surface area contributed by atoms with E-state index in [9.17, 15) is 9.18 Å². The van der Waals surface area contributed by atoms with Crippen molar-refractivity contribution < 1.29 is 13.9 Å². The summed E-state index contributed by atoms with van der Waals surface area (Å²) in [6.45, 7) is 4.70. The average Bonchev–Trinajstić information content (AvgIpc) is 2.63. The molecule has 4 nitrogen and oxygen atoms in total. The van der Waals surface area contributed by atoms with Gasteiger partial charge < -0.3 is 9.64 Å². The second-order valence-corrected chi connectivity index (χ2v) is 6.44. The molecule has 1 aliphatic heterocycles. The average molecular weight is 342 g/mol. The molecular formula is C20H23FN2O2. The number of piperazine rings is 1. The van der Waals surface area contributed by atoms with E-state index >= 15 is 0 Å². The van der Waals surface area contributed by atoms with Crippen LogP contribution in [0.15, 0.2) is 48.5 Å². The van der Waals surface area contributed by atoms with E-state index in [1.165, 1.54) is 12.1 Å². The number of carbonyl (C=O) groups excluding carboxylic acids is 1. The van der Waals surface area contributed by atoms with Crippen molar-refractivity contribution in [1.82, 2.24) is 9.80 Å². The van der Waals surface area contributed by atoms with Crippen molar-refractivity contribution in [3.8, 4) is 5.75 Å². The number of halogens is 1. The second-order valence-electron chi connectivity index (χ2n) is 6.44. The molecule has 0 radical (unpaired) electrons. The summed E-state index contributed by atoms with van der Waals surface area (Å²) in [7, 11) is 2.10. The van der Waals surface area contributed by atoms with E-state index in [0.717, 1.165) is 31.7 Å². The van der Waals surface area contributed by atoms with Crippen LogP contribution >= 0.6 is 0 Å². The maximum atomic E-state index is 12.9. The van der Waals surface area contributed by atoms with Crippen LogP contribution in [-0.2, 0) is 6.61 Å². The minimum Gasteiger partial charge on any atom is -0.489 e. The number of Topliss-reactive ketones (excluding diaryl/α,β-unsaturated/α-hetero) is 1. The molecule has 132 valence electrons. The van der Waals surface area contributed by atoms with Crippen LogP contribution in [0.25, 0.3) is 0 Å². The Morgan fingerprint density at radius 1 is 1.00 bits per heavy atom. The Hall–Kier alpha value is -2.24. The smallest absolute Gasteiger partial charge is 0.176 e. The highest BCUT2D eigenvalue weighted by molar-refractivity contribution is 5.97. The first-order chi connectivity index (χ1) is 12.1. The van der Waals surface area contributed by atoms with Gasteiger partial charge in [0.2, 0.25) is 0 Å². The highest BCUT2D eigenvalue weighted by atomic mass is 19.1. The van der Waals surface area contributed by atoms with Gasteiger partial charge in [-0.05, 0) is 49.0 Å². The summed E-state index contributed by atoms with van der Waals surface area (Å²) in [6.07, 6.45) is 0. The molecule has 2 aromatic carbocycles. The fourth-order valence-electron chi connectivity index (χ4n) is 2.78. The van der Waals surface area contributed by atoms with E-state index < -0.39 is 0 Å². The monoisotopic (exact) mass is 342 g/mol. The Kier molecular flexibility index (Phi) is 5.79. The molecule has 2 aromatic rings. The van der Waals surface area contributed by atoms with Crippen molar-refractivity contribution in [3.05, 3.63) is 65.5 Å². The Labute approximate surface area is 147 Å². The van der Waals surface area contributed by atoms with Crippen LogP contribution in [0.1, 0.15) is 15.9 Å². The Morgan fingerprint density at radius 2 is 1.64 bits per heavy atom. The van der Waals surface area contributed by atoms with Crippen molar-refractivity contribution in [3.63, 3.8) is 0 Å². The highest BCUT2D eigenvalue weighted by Crippen LogP contribution is 2.15. The van der Waals surface area contributed by atoms with Gasteiger partial charge in [-0.3, -0.25) is 9.69 Å². The Bertz CT molecular complexity index is 693. The lowest BCUT2D eigenvalue weighted by Gasteiger charge is -2.31. The summed E-state index contributed by atoms with van der Waals surface area (Å²) in [5.41, 5.74) is 1.60. The van der Waals surface area contributed by atoms with Gasteiger partial charge in [-0.2, -0.15) is 0 Å². The van der Waals surface area contributed by atoms with E-state index in [-0.39, 0.29) is 11.6 Å². The zero-order valence-electron chi connectivity index (χ0n) is 14.5. The summed E-state index contributed by atoms with van der Waals surface area (Å²) in [4.78, 5) is 16.9. The third kappa shape index (κ3) is 5.11. The largest absolute Gasteiger partial charge is 0.489 e. The zero-order valence-corrected chi connectivity index (χ0v) is 14.5. The van der Waals surface area contributed by atoms with Crippen LogP contribution in [0.4, 0.5) is 4.39 Å². The molecule has 0 N–H and O–H groups in total. The van der Waals surface area contributed by atoms with Crippen molar-refractivity contribution in [2.45, 2.75) is 6.61 Å². The lowest BCUT2D eigenvalue weighted by atomic mass is 10.1. The zero-order chi connectivity index (χ0) is 17.6. The number of benzene rings is 2. The van der Waals surface area contributed by atoms with E-state index in [2.05, 4.69) is 16.8 Å². The van der Waals surface area contributed by atoms with Crippen molar-refractivity contribution in [2.24, 2.45) is 0 Å². The van der Waals surface area contributed by atoms with Gasteiger partial charge in [-0.1, -0.05) is 12.1 Å². The molecule has 0 aromatic heterocycles. The number of hydrogen-bond acceptors (Lipinski definition) is 4. The predicted molar refractivity (Wildman–Crippen MR) is 95.4 cm³/mol. The number of likely N-dealkylation sites (N-methyl/N-ethyl adjacent to an activating group) is 1. The summed E-state index contributed by atoms with van der Waals surface area (Å²) in [5, 5.41) is 0. The molecule has 0 amide bonds. The molecule has 0 atom stereocenters. The number of ether oxygens (including phenoxy) is 1. The molecule has 1 fully saturated rings. The van der Waals surface area contributed by atoms with Crippen LogP contribution in [0.3, 0.4) is 0 Å². The van der Waals surface area contributed by atoms with Gasteiger partial charge in [0.05, 0.1) is 6.54 Å². The van der Waals surface area contributed by atoms with Gasteiger partial charge in [-0.25, -0.2) is 4.39 Å².